The van der Waals surface area contributed by atoms with Crippen LogP contribution >= 0.6 is 27.3 Å². The Morgan fingerprint density at radius 1 is 1.50 bits per heavy atom. The Morgan fingerprint density at radius 3 is 3.09 bits per heavy atom. The van der Waals surface area contributed by atoms with Crippen LogP contribution in [0.2, 0.25) is 0 Å². The largest absolute Gasteiger partial charge is 0.379 e. The third kappa shape index (κ3) is 6.64. The topological polar surface area (TPSA) is 54.9 Å². The maximum Gasteiger partial charge on any atom is 0.191 e. The van der Waals surface area contributed by atoms with Crippen molar-refractivity contribution >= 4 is 33.2 Å². The number of hydrogen-bond acceptors (Lipinski definition) is 4. The molecule has 1 fully saturated rings. The van der Waals surface area contributed by atoms with E-state index in [0.29, 0.717) is 12.6 Å². The summed E-state index contributed by atoms with van der Waals surface area (Å²) in [5, 5.41) is 6.61. The van der Waals surface area contributed by atoms with E-state index < -0.39 is 0 Å². The Bertz CT molecular complexity index is 461. The van der Waals surface area contributed by atoms with Crippen molar-refractivity contribution in [1.82, 2.24) is 10.6 Å². The van der Waals surface area contributed by atoms with Crippen LogP contribution in [0.15, 0.2) is 20.9 Å². The molecule has 1 saturated heterocycles. The second-order valence-electron chi connectivity index (χ2n) is 5.04. The molecule has 22 heavy (non-hydrogen) atoms. The second-order valence-corrected chi connectivity index (χ2v) is 7.59. The molecule has 0 aliphatic carbocycles. The van der Waals surface area contributed by atoms with Gasteiger partial charge in [0.25, 0.3) is 0 Å². The molecule has 0 amide bonds. The molecular formula is C15H24BrN3O2S. The third-order valence-corrected chi connectivity index (χ3v) is 4.83. The van der Waals surface area contributed by atoms with Gasteiger partial charge in [-0.3, -0.25) is 0 Å². The van der Waals surface area contributed by atoms with Gasteiger partial charge in [0.15, 0.2) is 5.96 Å². The van der Waals surface area contributed by atoms with Crippen LogP contribution < -0.4 is 10.6 Å². The van der Waals surface area contributed by atoms with Crippen molar-refractivity contribution in [2.75, 3.05) is 32.9 Å². The molecule has 0 bridgehead atoms. The highest BCUT2D eigenvalue weighted by Gasteiger charge is 2.15. The predicted molar refractivity (Wildman–Crippen MR) is 94.6 cm³/mol. The second kappa shape index (κ2) is 10.2. The minimum absolute atomic E-state index is 0.291. The molecule has 0 saturated carbocycles. The van der Waals surface area contributed by atoms with Crippen molar-refractivity contribution in [3.05, 3.63) is 20.8 Å². The molecule has 5 nitrogen and oxygen atoms in total. The lowest BCUT2D eigenvalue weighted by Gasteiger charge is -2.12. The van der Waals surface area contributed by atoms with Crippen LogP contribution in [-0.2, 0) is 16.0 Å². The SMILES string of the molecule is CCNC(=NCc1ccc(Br)s1)NCCCOC1CCOC1. The van der Waals surface area contributed by atoms with Gasteiger partial charge in [-0.1, -0.05) is 0 Å². The van der Waals surface area contributed by atoms with Crippen LogP contribution in [0.3, 0.4) is 0 Å². The minimum Gasteiger partial charge on any atom is -0.379 e. The Balaban J connectivity index is 1.64. The van der Waals surface area contributed by atoms with Crippen molar-refractivity contribution in [1.29, 1.82) is 0 Å². The van der Waals surface area contributed by atoms with Crippen molar-refractivity contribution in [2.45, 2.75) is 32.4 Å². The highest BCUT2D eigenvalue weighted by molar-refractivity contribution is 9.11. The molecule has 0 aromatic carbocycles. The highest BCUT2D eigenvalue weighted by atomic mass is 79.9. The lowest BCUT2D eigenvalue weighted by molar-refractivity contribution is 0.0420. The molecule has 1 unspecified atom stereocenters. The molecule has 1 aliphatic rings. The number of nitrogens with zero attached hydrogens (tertiary/aromatic N) is 1. The van der Waals surface area contributed by atoms with Crippen molar-refractivity contribution in [3.63, 3.8) is 0 Å². The van der Waals surface area contributed by atoms with E-state index >= 15 is 0 Å². The number of nitrogens with one attached hydrogen (secondary N) is 2. The summed E-state index contributed by atoms with van der Waals surface area (Å²) in [5.41, 5.74) is 0. The lowest BCUT2D eigenvalue weighted by Crippen LogP contribution is -2.38. The fourth-order valence-electron chi connectivity index (χ4n) is 2.11. The smallest absolute Gasteiger partial charge is 0.191 e. The molecule has 124 valence electrons. The van der Waals surface area contributed by atoms with Crippen LogP contribution in [0, 0.1) is 0 Å². The van der Waals surface area contributed by atoms with E-state index in [2.05, 4.69) is 50.6 Å². The van der Waals surface area contributed by atoms with E-state index in [0.717, 1.165) is 55.5 Å². The summed E-state index contributed by atoms with van der Waals surface area (Å²) in [4.78, 5) is 5.84. The van der Waals surface area contributed by atoms with Gasteiger partial charge in [0.1, 0.15) is 0 Å². The zero-order chi connectivity index (χ0) is 15.6. The van der Waals surface area contributed by atoms with Gasteiger partial charge in [0.2, 0.25) is 0 Å². The first-order valence-corrected chi connectivity index (χ1v) is 9.34. The zero-order valence-electron chi connectivity index (χ0n) is 12.9. The fraction of sp³-hybridized carbons (Fsp3) is 0.667. The van der Waals surface area contributed by atoms with E-state index in [1.807, 2.05) is 0 Å². The molecule has 1 aliphatic heterocycles. The summed E-state index contributed by atoms with van der Waals surface area (Å²) in [7, 11) is 0. The molecular weight excluding hydrogens is 366 g/mol. The van der Waals surface area contributed by atoms with E-state index in [4.69, 9.17) is 9.47 Å². The normalized spacial score (nSPS) is 18.6. The molecule has 0 radical (unpaired) electrons. The highest BCUT2D eigenvalue weighted by Crippen LogP contribution is 2.22. The molecule has 1 aromatic rings. The first kappa shape index (κ1) is 17.7. The summed E-state index contributed by atoms with van der Waals surface area (Å²) < 4.78 is 12.2. The van der Waals surface area contributed by atoms with Crippen LogP contribution in [-0.4, -0.2) is 45.0 Å². The van der Waals surface area contributed by atoms with Crippen molar-refractivity contribution in [2.24, 2.45) is 4.99 Å². The van der Waals surface area contributed by atoms with Gasteiger partial charge in [0, 0.05) is 31.2 Å². The average Bonchev–Trinajstić information content (AvgIpc) is 3.16. The summed E-state index contributed by atoms with van der Waals surface area (Å²) in [6.45, 7) is 6.82. The van der Waals surface area contributed by atoms with Gasteiger partial charge >= 0.3 is 0 Å². The first-order valence-electron chi connectivity index (χ1n) is 7.73. The van der Waals surface area contributed by atoms with Crippen LogP contribution in [0.25, 0.3) is 0 Å². The first-order chi connectivity index (χ1) is 10.8. The van der Waals surface area contributed by atoms with E-state index in [9.17, 15) is 0 Å². The van der Waals surface area contributed by atoms with Gasteiger partial charge in [-0.15, -0.1) is 11.3 Å². The maximum absolute atomic E-state index is 5.75. The molecule has 2 rings (SSSR count). The van der Waals surface area contributed by atoms with Gasteiger partial charge in [0.05, 0.1) is 23.0 Å². The standard InChI is InChI=1S/C15H24BrN3O2S/c1-2-17-15(19-10-13-4-5-14(16)22-13)18-7-3-8-21-12-6-9-20-11-12/h4-5,12H,2-3,6-11H2,1H3,(H2,17,18,19). The summed E-state index contributed by atoms with van der Waals surface area (Å²) in [6.07, 6.45) is 2.28. The van der Waals surface area contributed by atoms with E-state index in [1.165, 1.54) is 4.88 Å². The van der Waals surface area contributed by atoms with Gasteiger partial charge in [-0.05, 0) is 47.8 Å². The van der Waals surface area contributed by atoms with Crippen LogP contribution in [0.1, 0.15) is 24.6 Å². The maximum atomic E-state index is 5.75. The third-order valence-electron chi connectivity index (χ3n) is 3.22. The monoisotopic (exact) mass is 389 g/mol. The number of ether oxygens (including phenoxy) is 2. The summed E-state index contributed by atoms with van der Waals surface area (Å²) in [5.74, 6) is 0.858. The number of thiophene rings is 1. The zero-order valence-corrected chi connectivity index (χ0v) is 15.3. The van der Waals surface area contributed by atoms with Gasteiger partial charge < -0.3 is 20.1 Å². The number of aliphatic imine (C=N–C) groups is 1. The fourth-order valence-corrected chi connectivity index (χ4v) is 3.52. The van der Waals surface area contributed by atoms with Crippen LogP contribution in [0.4, 0.5) is 0 Å². The summed E-state index contributed by atoms with van der Waals surface area (Å²) in [6, 6.07) is 4.15. The number of hydrogen-bond donors (Lipinski definition) is 2. The molecule has 1 aromatic heterocycles. The van der Waals surface area contributed by atoms with E-state index in [1.54, 1.807) is 11.3 Å². The van der Waals surface area contributed by atoms with Crippen LogP contribution in [0.5, 0.6) is 0 Å². The van der Waals surface area contributed by atoms with Gasteiger partial charge in [-0.2, -0.15) is 0 Å². The number of guanidine groups is 1. The average molecular weight is 390 g/mol. The molecule has 1 atom stereocenters. The molecule has 7 heteroatoms. The summed E-state index contributed by atoms with van der Waals surface area (Å²) >= 11 is 5.19. The van der Waals surface area contributed by atoms with Crippen molar-refractivity contribution < 1.29 is 9.47 Å². The van der Waals surface area contributed by atoms with Gasteiger partial charge in [-0.25, -0.2) is 4.99 Å². The molecule has 0 spiro atoms. The lowest BCUT2D eigenvalue weighted by atomic mass is 10.3. The Labute approximate surface area is 144 Å². The Kier molecular flexibility index (Phi) is 8.22. The quantitative estimate of drug-likeness (QED) is 0.407. The number of rotatable bonds is 8. The molecule has 2 N–H and O–H groups in total. The van der Waals surface area contributed by atoms with Crippen molar-refractivity contribution in [3.8, 4) is 0 Å². The van der Waals surface area contributed by atoms with E-state index in [-0.39, 0.29) is 0 Å². The Morgan fingerprint density at radius 2 is 2.41 bits per heavy atom. The Hall–Kier alpha value is -0.630. The predicted octanol–water partition coefficient (Wildman–Crippen LogP) is 2.76. The minimum atomic E-state index is 0.291. The molecule has 2 heterocycles. The number of halogens is 1.